The van der Waals surface area contributed by atoms with Crippen LogP contribution >= 0.6 is 0 Å². The first kappa shape index (κ1) is 9.74. The molecule has 1 fully saturated rings. The highest BCUT2D eigenvalue weighted by atomic mass is 19.3. The van der Waals surface area contributed by atoms with Gasteiger partial charge in [0.15, 0.2) is 5.67 Å². The van der Waals surface area contributed by atoms with Gasteiger partial charge in [0.05, 0.1) is 0 Å². The number of rotatable bonds is 0. The van der Waals surface area contributed by atoms with Crippen LogP contribution in [0.2, 0.25) is 0 Å². The van der Waals surface area contributed by atoms with Crippen LogP contribution in [0.5, 0.6) is 0 Å². The van der Waals surface area contributed by atoms with Crippen LogP contribution in [0.1, 0.15) is 26.2 Å². The van der Waals surface area contributed by atoms with Gasteiger partial charge in [-0.2, -0.15) is 17.6 Å². The standard InChI is InChI=1S/C7H9F5/c1-5(8)3-2-4-6(9,10)7(5,11)12/h2-4H2,1H3. The quantitative estimate of drug-likeness (QED) is 0.512. The highest BCUT2D eigenvalue weighted by molar-refractivity contribution is 5.03. The molecule has 0 saturated heterocycles. The monoisotopic (exact) mass is 188 g/mol. The molecule has 0 aliphatic heterocycles. The van der Waals surface area contributed by atoms with Gasteiger partial charge in [0.25, 0.3) is 0 Å². The molecule has 0 bridgehead atoms. The fourth-order valence-electron chi connectivity index (χ4n) is 1.34. The minimum absolute atomic E-state index is 0.199. The topological polar surface area (TPSA) is 0 Å². The zero-order valence-electron chi connectivity index (χ0n) is 6.51. The van der Waals surface area contributed by atoms with Gasteiger partial charge >= 0.3 is 11.8 Å². The van der Waals surface area contributed by atoms with E-state index in [1.54, 1.807) is 0 Å². The summed E-state index contributed by atoms with van der Waals surface area (Å²) in [5.41, 5.74) is -3.07. The second-order valence-corrected chi connectivity index (χ2v) is 3.33. The molecule has 0 heterocycles. The molecule has 0 radical (unpaired) electrons. The van der Waals surface area contributed by atoms with Gasteiger partial charge in [-0.3, -0.25) is 0 Å². The van der Waals surface area contributed by atoms with Gasteiger partial charge in [-0.1, -0.05) is 0 Å². The number of hydrogen-bond acceptors (Lipinski definition) is 0. The second-order valence-electron chi connectivity index (χ2n) is 3.33. The molecule has 1 saturated carbocycles. The lowest BCUT2D eigenvalue weighted by Crippen LogP contribution is -2.57. The molecular formula is C7H9F5. The van der Waals surface area contributed by atoms with Gasteiger partial charge in [-0.15, -0.1) is 0 Å². The molecule has 1 rings (SSSR count). The van der Waals surface area contributed by atoms with Crippen molar-refractivity contribution in [3.8, 4) is 0 Å². The van der Waals surface area contributed by atoms with E-state index in [1.807, 2.05) is 0 Å². The fraction of sp³-hybridized carbons (Fsp3) is 1.00. The van der Waals surface area contributed by atoms with Crippen molar-refractivity contribution in [2.24, 2.45) is 0 Å². The molecule has 0 spiro atoms. The Balaban J connectivity index is 2.99. The van der Waals surface area contributed by atoms with E-state index in [0.717, 1.165) is 0 Å². The van der Waals surface area contributed by atoms with Crippen molar-refractivity contribution in [3.63, 3.8) is 0 Å². The molecule has 0 N–H and O–H groups in total. The van der Waals surface area contributed by atoms with Crippen molar-refractivity contribution >= 4 is 0 Å². The van der Waals surface area contributed by atoms with Crippen LogP contribution in [0.25, 0.3) is 0 Å². The van der Waals surface area contributed by atoms with Crippen LogP contribution < -0.4 is 0 Å². The van der Waals surface area contributed by atoms with E-state index in [2.05, 4.69) is 0 Å². The van der Waals surface area contributed by atoms with E-state index in [1.165, 1.54) is 0 Å². The van der Waals surface area contributed by atoms with Gasteiger partial charge in [0.2, 0.25) is 0 Å². The summed E-state index contributed by atoms with van der Waals surface area (Å²) in [6, 6.07) is 0. The lowest BCUT2D eigenvalue weighted by Gasteiger charge is -2.39. The molecule has 0 aromatic heterocycles. The molecule has 0 amide bonds. The van der Waals surface area contributed by atoms with Gasteiger partial charge in [-0.05, 0) is 19.8 Å². The summed E-state index contributed by atoms with van der Waals surface area (Å²) in [4.78, 5) is 0. The van der Waals surface area contributed by atoms with E-state index in [9.17, 15) is 22.0 Å². The largest absolute Gasteiger partial charge is 0.342 e. The highest BCUT2D eigenvalue weighted by Gasteiger charge is 2.69. The molecule has 0 nitrogen and oxygen atoms in total. The van der Waals surface area contributed by atoms with E-state index in [4.69, 9.17) is 0 Å². The van der Waals surface area contributed by atoms with E-state index in [-0.39, 0.29) is 6.42 Å². The average Bonchev–Trinajstić information content (AvgIpc) is 1.83. The van der Waals surface area contributed by atoms with E-state index >= 15 is 0 Å². The smallest absolute Gasteiger partial charge is 0.237 e. The molecule has 0 aromatic rings. The molecular weight excluding hydrogens is 179 g/mol. The zero-order chi connectivity index (χ0) is 9.62. The van der Waals surface area contributed by atoms with Crippen molar-refractivity contribution in [1.29, 1.82) is 0 Å². The summed E-state index contributed by atoms with van der Waals surface area (Å²) < 4.78 is 63.2. The maximum absolute atomic E-state index is 12.9. The molecule has 1 aliphatic carbocycles. The summed E-state index contributed by atoms with van der Waals surface area (Å²) in [6.45, 7) is 0.528. The molecule has 72 valence electrons. The maximum Gasteiger partial charge on any atom is 0.342 e. The first-order chi connectivity index (χ1) is 5.21. The summed E-state index contributed by atoms with van der Waals surface area (Å²) in [5, 5.41) is 0. The van der Waals surface area contributed by atoms with Crippen molar-refractivity contribution in [2.75, 3.05) is 0 Å². The van der Waals surface area contributed by atoms with Gasteiger partial charge in [0.1, 0.15) is 0 Å². The summed E-state index contributed by atoms with van der Waals surface area (Å²) in [6.07, 6.45) is -1.63. The Morgan fingerprint density at radius 3 is 1.75 bits per heavy atom. The summed E-state index contributed by atoms with van der Waals surface area (Å²) in [7, 11) is 0. The molecule has 1 atom stereocenters. The van der Waals surface area contributed by atoms with Crippen LogP contribution in [0.4, 0.5) is 22.0 Å². The Morgan fingerprint density at radius 1 is 0.917 bits per heavy atom. The predicted molar refractivity (Wildman–Crippen MR) is 33.3 cm³/mol. The average molecular weight is 188 g/mol. The Labute approximate surface area is 66.8 Å². The van der Waals surface area contributed by atoms with Crippen LogP contribution in [0, 0.1) is 0 Å². The third kappa shape index (κ3) is 1.10. The highest BCUT2D eigenvalue weighted by Crippen LogP contribution is 2.52. The second kappa shape index (κ2) is 2.33. The zero-order valence-corrected chi connectivity index (χ0v) is 6.51. The van der Waals surface area contributed by atoms with Gasteiger partial charge in [-0.25, -0.2) is 4.39 Å². The molecule has 5 heteroatoms. The lowest BCUT2D eigenvalue weighted by molar-refractivity contribution is -0.287. The Hall–Kier alpha value is -0.350. The third-order valence-electron chi connectivity index (χ3n) is 2.25. The van der Waals surface area contributed by atoms with E-state index in [0.29, 0.717) is 6.92 Å². The summed E-state index contributed by atoms with van der Waals surface area (Å²) >= 11 is 0. The van der Waals surface area contributed by atoms with Crippen LogP contribution in [-0.4, -0.2) is 17.5 Å². The molecule has 1 unspecified atom stereocenters. The van der Waals surface area contributed by atoms with Crippen molar-refractivity contribution in [3.05, 3.63) is 0 Å². The van der Waals surface area contributed by atoms with E-state index < -0.39 is 30.4 Å². The van der Waals surface area contributed by atoms with Crippen molar-refractivity contribution in [2.45, 2.75) is 43.7 Å². The van der Waals surface area contributed by atoms with Crippen LogP contribution in [0.15, 0.2) is 0 Å². The predicted octanol–water partition coefficient (Wildman–Crippen LogP) is 3.17. The van der Waals surface area contributed by atoms with Crippen LogP contribution in [-0.2, 0) is 0 Å². The minimum atomic E-state index is -4.53. The number of alkyl halides is 5. The summed E-state index contributed by atoms with van der Waals surface area (Å²) in [5.74, 6) is -8.73. The first-order valence-electron chi connectivity index (χ1n) is 3.65. The molecule has 12 heavy (non-hydrogen) atoms. The minimum Gasteiger partial charge on any atom is -0.237 e. The first-order valence-corrected chi connectivity index (χ1v) is 3.65. The Kier molecular flexibility index (Phi) is 1.89. The number of hydrogen-bond donors (Lipinski definition) is 0. The fourth-order valence-corrected chi connectivity index (χ4v) is 1.34. The molecule has 1 aliphatic rings. The normalized spacial score (nSPS) is 39.5. The Bertz CT molecular complexity index is 166. The SMILES string of the molecule is CC1(F)CCCC(F)(F)C1(F)F. The maximum atomic E-state index is 12.9. The molecule has 0 aromatic carbocycles. The Morgan fingerprint density at radius 2 is 1.42 bits per heavy atom. The van der Waals surface area contributed by atoms with Gasteiger partial charge in [0, 0.05) is 6.42 Å². The van der Waals surface area contributed by atoms with Crippen LogP contribution in [0.3, 0.4) is 0 Å². The third-order valence-corrected chi connectivity index (χ3v) is 2.25. The van der Waals surface area contributed by atoms with Gasteiger partial charge < -0.3 is 0 Å². The van der Waals surface area contributed by atoms with Crippen molar-refractivity contribution in [1.82, 2.24) is 0 Å². The number of halogens is 5. The van der Waals surface area contributed by atoms with Crippen molar-refractivity contribution < 1.29 is 22.0 Å². The lowest BCUT2D eigenvalue weighted by atomic mass is 9.81.